The molecule has 1 aromatic carbocycles. The number of sulfone groups is 1. The van der Waals surface area contributed by atoms with E-state index in [1.54, 1.807) is 16.8 Å². The van der Waals surface area contributed by atoms with Crippen molar-refractivity contribution in [3.05, 3.63) is 17.6 Å². The summed E-state index contributed by atoms with van der Waals surface area (Å²) >= 11 is 1.56. The zero-order valence-electron chi connectivity index (χ0n) is 10.4. The molecule has 1 aliphatic rings. The predicted molar refractivity (Wildman–Crippen MR) is 79.5 cm³/mol. The van der Waals surface area contributed by atoms with E-state index in [0.717, 1.165) is 22.4 Å². The number of anilines is 2. The van der Waals surface area contributed by atoms with E-state index in [0.29, 0.717) is 18.7 Å². The summed E-state index contributed by atoms with van der Waals surface area (Å²) in [6, 6.07) is 3.96. The second kappa shape index (κ2) is 4.64. The maximum atomic E-state index is 11.6. The monoisotopic (exact) mass is 297 g/mol. The van der Waals surface area contributed by atoms with Crippen molar-refractivity contribution >= 4 is 42.8 Å². The molecule has 1 fully saturated rings. The van der Waals surface area contributed by atoms with Crippen molar-refractivity contribution in [2.75, 3.05) is 35.2 Å². The van der Waals surface area contributed by atoms with Gasteiger partial charge in [-0.15, -0.1) is 11.3 Å². The molecule has 19 heavy (non-hydrogen) atoms. The Hall–Kier alpha value is -1.34. The van der Waals surface area contributed by atoms with Gasteiger partial charge in [0, 0.05) is 13.1 Å². The third-order valence-electron chi connectivity index (χ3n) is 3.41. The van der Waals surface area contributed by atoms with Crippen LogP contribution in [-0.2, 0) is 9.84 Å². The van der Waals surface area contributed by atoms with Crippen LogP contribution >= 0.6 is 11.3 Å². The number of hydrogen-bond donors (Lipinski definition) is 1. The molecule has 2 heterocycles. The van der Waals surface area contributed by atoms with E-state index in [-0.39, 0.29) is 11.5 Å². The van der Waals surface area contributed by atoms with Gasteiger partial charge >= 0.3 is 0 Å². The summed E-state index contributed by atoms with van der Waals surface area (Å²) in [6.45, 7) is 1.22. The van der Waals surface area contributed by atoms with Crippen molar-refractivity contribution in [1.29, 1.82) is 0 Å². The number of benzene rings is 1. The lowest BCUT2D eigenvalue weighted by molar-refractivity contribution is 0.597. The number of fused-ring (bicyclic) bond motifs is 1. The highest BCUT2D eigenvalue weighted by Crippen LogP contribution is 2.33. The first-order chi connectivity index (χ1) is 9.07. The van der Waals surface area contributed by atoms with Crippen LogP contribution in [0.2, 0.25) is 0 Å². The van der Waals surface area contributed by atoms with Gasteiger partial charge in [-0.25, -0.2) is 13.4 Å². The summed E-state index contributed by atoms with van der Waals surface area (Å²) in [5, 5.41) is 0. The van der Waals surface area contributed by atoms with Gasteiger partial charge in [0.25, 0.3) is 0 Å². The van der Waals surface area contributed by atoms with Gasteiger partial charge in [0.05, 0.1) is 33.1 Å². The topological polar surface area (TPSA) is 76.3 Å². The molecule has 102 valence electrons. The number of hydrogen-bond acceptors (Lipinski definition) is 6. The van der Waals surface area contributed by atoms with Crippen molar-refractivity contribution in [3.8, 4) is 0 Å². The van der Waals surface area contributed by atoms with Gasteiger partial charge < -0.3 is 10.6 Å². The van der Waals surface area contributed by atoms with Crippen LogP contribution in [0.15, 0.2) is 17.6 Å². The summed E-state index contributed by atoms with van der Waals surface area (Å²) in [5.41, 5.74) is 10.3. The molecule has 2 aromatic rings. The van der Waals surface area contributed by atoms with Crippen LogP contribution in [0.25, 0.3) is 10.2 Å². The quantitative estimate of drug-likeness (QED) is 0.807. The van der Waals surface area contributed by atoms with E-state index in [9.17, 15) is 8.42 Å². The van der Waals surface area contributed by atoms with Gasteiger partial charge in [0.15, 0.2) is 9.84 Å². The van der Waals surface area contributed by atoms with Crippen LogP contribution in [0.3, 0.4) is 0 Å². The fourth-order valence-corrected chi connectivity index (χ4v) is 4.36. The Balaban J connectivity index is 1.97. The van der Waals surface area contributed by atoms with Gasteiger partial charge in [-0.3, -0.25) is 0 Å². The summed E-state index contributed by atoms with van der Waals surface area (Å²) in [6.07, 6.45) is 0.650. The van der Waals surface area contributed by atoms with E-state index in [1.165, 1.54) is 0 Å². The molecule has 0 unspecified atom stereocenters. The molecule has 0 aliphatic carbocycles. The van der Waals surface area contributed by atoms with Crippen LogP contribution in [-0.4, -0.2) is 38.0 Å². The molecule has 5 nitrogen and oxygen atoms in total. The molecule has 0 radical (unpaired) electrons. The molecule has 1 aliphatic heterocycles. The zero-order valence-corrected chi connectivity index (χ0v) is 12.0. The first-order valence-electron chi connectivity index (χ1n) is 6.14. The molecule has 0 saturated carbocycles. The minimum absolute atomic E-state index is 0.196. The number of thiazole rings is 1. The standard InChI is InChI=1S/C12H15N3O2S2/c13-11-9(2-3-10-12(11)14-8-18-10)15-4-1-6-19(16,17)7-5-15/h2-3,8H,1,4-7,13H2. The van der Waals surface area contributed by atoms with Crippen LogP contribution < -0.4 is 10.6 Å². The Morgan fingerprint density at radius 1 is 1.26 bits per heavy atom. The third kappa shape index (κ3) is 2.40. The largest absolute Gasteiger partial charge is 0.395 e. The summed E-state index contributed by atoms with van der Waals surface area (Å²) in [4.78, 5) is 6.33. The van der Waals surface area contributed by atoms with Crippen LogP contribution in [0.5, 0.6) is 0 Å². The number of aromatic nitrogens is 1. The third-order valence-corrected chi connectivity index (χ3v) is 5.92. The average Bonchev–Trinajstić information content (AvgIpc) is 2.77. The summed E-state index contributed by atoms with van der Waals surface area (Å²) in [7, 11) is -2.90. The van der Waals surface area contributed by atoms with Crippen LogP contribution in [0.1, 0.15) is 6.42 Å². The molecule has 2 N–H and O–H groups in total. The smallest absolute Gasteiger partial charge is 0.152 e. The predicted octanol–water partition coefficient (Wildman–Crippen LogP) is 1.50. The van der Waals surface area contributed by atoms with Gasteiger partial charge in [-0.05, 0) is 18.6 Å². The Morgan fingerprint density at radius 3 is 2.95 bits per heavy atom. The summed E-state index contributed by atoms with van der Waals surface area (Å²) in [5.74, 6) is 0.462. The first-order valence-corrected chi connectivity index (χ1v) is 8.84. The van der Waals surface area contributed by atoms with Gasteiger partial charge in [0.1, 0.15) is 5.52 Å². The Bertz CT molecular complexity index is 709. The highest BCUT2D eigenvalue weighted by Gasteiger charge is 2.21. The Kier molecular flexibility index (Phi) is 3.10. The fourth-order valence-electron chi connectivity index (χ4n) is 2.40. The van der Waals surface area contributed by atoms with Crippen molar-refractivity contribution in [3.63, 3.8) is 0 Å². The summed E-state index contributed by atoms with van der Waals surface area (Å²) < 4.78 is 24.3. The number of nitrogens with two attached hydrogens (primary N) is 1. The molecule has 1 aromatic heterocycles. The van der Waals surface area contributed by atoms with Gasteiger partial charge in [0.2, 0.25) is 0 Å². The Morgan fingerprint density at radius 2 is 2.11 bits per heavy atom. The molecule has 3 rings (SSSR count). The highest BCUT2D eigenvalue weighted by atomic mass is 32.2. The number of rotatable bonds is 1. The minimum atomic E-state index is -2.90. The first kappa shape index (κ1) is 12.7. The normalized spacial score (nSPS) is 19.5. The molecule has 7 heteroatoms. The lowest BCUT2D eigenvalue weighted by Gasteiger charge is -2.23. The van der Waals surface area contributed by atoms with E-state index in [4.69, 9.17) is 5.73 Å². The van der Waals surface area contributed by atoms with E-state index >= 15 is 0 Å². The molecule has 0 atom stereocenters. The number of nitrogen functional groups attached to an aromatic ring is 1. The van der Waals surface area contributed by atoms with Gasteiger partial charge in [-0.1, -0.05) is 0 Å². The SMILES string of the molecule is Nc1c(N2CCCS(=O)(=O)CC2)ccc2scnc12. The van der Waals surface area contributed by atoms with E-state index in [2.05, 4.69) is 9.88 Å². The van der Waals surface area contributed by atoms with Crippen molar-refractivity contribution in [2.45, 2.75) is 6.42 Å². The second-order valence-electron chi connectivity index (χ2n) is 4.69. The zero-order chi connectivity index (χ0) is 13.5. The van der Waals surface area contributed by atoms with Crippen LogP contribution in [0, 0.1) is 0 Å². The van der Waals surface area contributed by atoms with Crippen LogP contribution in [0.4, 0.5) is 11.4 Å². The minimum Gasteiger partial charge on any atom is -0.395 e. The Labute approximate surface area is 116 Å². The molecular weight excluding hydrogens is 282 g/mol. The molecule has 0 amide bonds. The second-order valence-corrected chi connectivity index (χ2v) is 7.88. The van der Waals surface area contributed by atoms with Crippen molar-refractivity contribution < 1.29 is 8.42 Å². The lowest BCUT2D eigenvalue weighted by atomic mass is 10.2. The van der Waals surface area contributed by atoms with Crippen molar-refractivity contribution in [2.24, 2.45) is 0 Å². The highest BCUT2D eigenvalue weighted by molar-refractivity contribution is 7.91. The lowest BCUT2D eigenvalue weighted by Crippen LogP contribution is -2.27. The maximum Gasteiger partial charge on any atom is 0.152 e. The molecule has 0 spiro atoms. The van der Waals surface area contributed by atoms with Crippen molar-refractivity contribution in [1.82, 2.24) is 4.98 Å². The molecule has 1 saturated heterocycles. The fraction of sp³-hybridized carbons (Fsp3) is 0.417. The maximum absolute atomic E-state index is 11.6. The average molecular weight is 297 g/mol. The molecule has 0 bridgehead atoms. The van der Waals surface area contributed by atoms with E-state index < -0.39 is 9.84 Å². The van der Waals surface area contributed by atoms with E-state index in [1.807, 2.05) is 12.1 Å². The van der Waals surface area contributed by atoms with Gasteiger partial charge in [-0.2, -0.15) is 0 Å². The number of nitrogens with zero attached hydrogens (tertiary/aromatic N) is 2. The molecular formula is C12H15N3O2S2.